The second-order valence-electron chi connectivity index (χ2n) is 6.28. The molecule has 25 heavy (non-hydrogen) atoms. The summed E-state index contributed by atoms with van der Waals surface area (Å²) in [6.45, 7) is 7.92. The summed E-state index contributed by atoms with van der Waals surface area (Å²) in [4.78, 5) is 29.7. The summed E-state index contributed by atoms with van der Waals surface area (Å²) < 4.78 is 1.78. The highest BCUT2D eigenvalue weighted by Gasteiger charge is 2.33. The average molecular weight is 340 g/mol. The number of hydrogen-bond donors (Lipinski definition) is 1. The molecule has 2 amide bonds. The third-order valence-corrected chi connectivity index (χ3v) is 4.67. The zero-order chi connectivity index (χ0) is 18.1. The SMILES string of the molecule is CCN(CC)CC(=O)N1c2ccccc2NC(=O)c2c1c(C)cn2C. The van der Waals surface area contributed by atoms with Gasteiger partial charge in [0.15, 0.2) is 0 Å². The van der Waals surface area contributed by atoms with Crippen LogP contribution in [0, 0.1) is 6.92 Å². The maximum absolute atomic E-state index is 13.2. The number of carbonyl (C=O) groups excluding carboxylic acids is 2. The van der Waals surface area contributed by atoms with Gasteiger partial charge in [0.2, 0.25) is 5.91 Å². The molecule has 1 aliphatic rings. The van der Waals surface area contributed by atoms with E-state index in [0.29, 0.717) is 29.3 Å². The summed E-state index contributed by atoms with van der Waals surface area (Å²) in [5.41, 5.74) is 3.43. The fourth-order valence-electron chi connectivity index (χ4n) is 3.36. The molecule has 1 aromatic heterocycles. The molecule has 0 fully saturated rings. The lowest BCUT2D eigenvalue weighted by atomic mass is 10.2. The van der Waals surface area contributed by atoms with Crippen molar-refractivity contribution in [1.29, 1.82) is 0 Å². The largest absolute Gasteiger partial charge is 0.345 e. The van der Waals surface area contributed by atoms with Crippen LogP contribution >= 0.6 is 0 Å². The van der Waals surface area contributed by atoms with Gasteiger partial charge in [0.25, 0.3) is 5.91 Å². The number of amides is 2. The molecular weight excluding hydrogens is 316 g/mol. The molecule has 6 nitrogen and oxygen atoms in total. The van der Waals surface area contributed by atoms with Gasteiger partial charge in [0.1, 0.15) is 5.69 Å². The summed E-state index contributed by atoms with van der Waals surface area (Å²) >= 11 is 0. The Morgan fingerprint density at radius 3 is 2.56 bits per heavy atom. The van der Waals surface area contributed by atoms with Crippen molar-refractivity contribution in [3.63, 3.8) is 0 Å². The molecule has 0 spiro atoms. The lowest BCUT2D eigenvalue weighted by Crippen LogP contribution is -2.38. The molecule has 1 aromatic carbocycles. The van der Waals surface area contributed by atoms with Gasteiger partial charge in [0, 0.05) is 13.2 Å². The Morgan fingerprint density at radius 2 is 1.88 bits per heavy atom. The number of likely N-dealkylation sites (N-methyl/N-ethyl adjacent to an activating group) is 1. The summed E-state index contributed by atoms with van der Waals surface area (Å²) in [6, 6.07) is 7.43. The Bertz CT molecular complexity index is 821. The first-order valence-electron chi connectivity index (χ1n) is 8.59. The van der Waals surface area contributed by atoms with Crippen LogP contribution in [0.15, 0.2) is 30.5 Å². The van der Waals surface area contributed by atoms with E-state index >= 15 is 0 Å². The predicted octanol–water partition coefficient (Wildman–Crippen LogP) is 2.91. The number of rotatable bonds is 4. The normalized spacial score (nSPS) is 13.3. The highest BCUT2D eigenvalue weighted by molar-refractivity contribution is 6.18. The third kappa shape index (κ3) is 2.93. The van der Waals surface area contributed by atoms with Crippen LogP contribution in [0.25, 0.3) is 0 Å². The lowest BCUT2D eigenvalue weighted by molar-refractivity contribution is -0.119. The van der Waals surface area contributed by atoms with E-state index in [-0.39, 0.29) is 11.8 Å². The summed E-state index contributed by atoms with van der Waals surface area (Å²) in [6.07, 6.45) is 1.88. The van der Waals surface area contributed by atoms with Crippen molar-refractivity contribution in [2.24, 2.45) is 7.05 Å². The Labute approximate surface area is 148 Å². The third-order valence-electron chi connectivity index (χ3n) is 4.67. The molecule has 0 radical (unpaired) electrons. The number of fused-ring (bicyclic) bond motifs is 2. The van der Waals surface area contributed by atoms with Gasteiger partial charge in [-0.25, -0.2) is 0 Å². The van der Waals surface area contributed by atoms with E-state index in [1.807, 2.05) is 58.3 Å². The maximum atomic E-state index is 13.2. The Morgan fingerprint density at radius 1 is 1.20 bits per heavy atom. The van der Waals surface area contributed by atoms with Crippen LogP contribution in [0.1, 0.15) is 29.9 Å². The number of nitrogens with one attached hydrogen (secondary N) is 1. The monoisotopic (exact) mass is 340 g/mol. The Kier molecular flexibility index (Phi) is 4.63. The molecule has 0 saturated carbocycles. The topological polar surface area (TPSA) is 57.6 Å². The summed E-state index contributed by atoms with van der Waals surface area (Å²) in [5.74, 6) is -0.237. The summed E-state index contributed by atoms with van der Waals surface area (Å²) in [5, 5.41) is 2.93. The minimum atomic E-state index is -0.198. The van der Waals surface area contributed by atoms with Gasteiger partial charge in [0.05, 0.1) is 23.6 Å². The van der Waals surface area contributed by atoms with Crippen molar-refractivity contribution in [3.05, 3.63) is 41.7 Å². The second kappa shape index (κ2) is 6.72. The number of aryl methyl sites for hydroxylation is 2. The van der Waals surface area contributed by atoms with Gasteiger partial charge in [-0.3, -0.25) is 19.4 Å². The van der Waals surface area contributed by atoms with Gasteiger partial charge in [-0.1, -0.05) is 26.0 Å². The molecular formula is C19H24N4O2. The van der Waals surface area contributed by atoms with Crippen molar-refractivity contribution in [2.75, 3.05) is 29.9 Å². The first kappa shape index (κ1) is 17.2. The van der Waals surface area contributed by atoms with Gasteiger partial charge in [-0.05, 0) is 37.7 Å². The smallest absolute Gasteiger partial charge is 0.274 e. The molecule has 0 unspecified atom stereocenters. The van der Waals surface area contributed by atoms with Crippen molar-refractivity contribution < 1.29 is 9.59 Å². The van der Waals surface area contributed by atoms with Gasteiger partial charge in [-0.2, -0.15) is 0 Å². The van der Waals surface area contributed by atoms with Crippen LogP contribution in [0.4, 0.5) is 17.1 Å². The highest BCUT2D eigenvalue weighted by Crippen LogP contribution is 2.40. The molecule has 2 heterocycles. The molecule has 2 aromatic rings. The number of aromatic nitrogens is 1. The first-order chi connectivity index (χ1) is 12.0. The molecule has 3 rings (SSSR count). The quantitative estimate of drug-likeness (QED) is 0.931. The van der Waals surface area contributed by atoms with Crippen LogP contribution in [0.3, 0.4) is 0 Å². The molecule has 0 bridgehead atoms. The van der Waals surface area contributed by atoms with E-state index in [1.54, 1.807) is 9.47 Å². The van der Waals surface area contributed by atoms with Crippen LogP contribution in [-0.2, 0) is 11.8 Å². The number of hydrogen-bond acceptors (Lipinski definition) is 3. The molecule has 132 valence electrons. The van der Waals surface area contributed by atoms with E-state index in [1.165, 1.54) is 0 Å². The van der Waals surface area contributed by atoms with Crippen LogP contribution < -0.4 is 10.2 Å². The van der Waals surface area contributed by atoms with E-state index in [0.717, 1.165) is 18.7 Å². The van der Waals surface area contributed by atoms with E-state index in [2.05, 4.69) is 10.2 Å². The second-order valence-corrected chi connectivity index (χ2v) is 6.28. The molecule has 0 atom stereocenters. The molecule has 1 aliphatic heterocycles. The van der Waals surface area contributed by atoms with E-state index in [9.17, 15) is 9.59 Å². The lowest BCUT2D eigenvalue weighted by Gasteiger charge is -2.27. The van der Waals surface area contributed by atoms with Crippen molar-refractivity contribution >= 4 is 28.9 Å². The van der Waals surface area contributed by atoms with Crippen molar-refractivity contribution in [3.8, 4) is 0 Å². The van der Waals surface area contributed by atoms with Gasteiger partial charge >= 0.3 is 0 Å². The minimum Gasteiger partial charge on any atom is -0.345 e. The van der Waals surface area contributed by atoms with Crippen LogP contribution in [-0.4, -0.2) is 40.9 Å². The molecule has 0 aliphatic carbocycles. The highest BCUT2D eigenvalue weighted by atomic mass is 16.2. The Balaban J connectivity index is 2.17. The number of benzene rings is 1. The Hall–Kier alpha value is -2.60. The predicted molar refractivity (Wildman–Crippen MR) is 99.5 cm³/mol. The van der Waals surface area contributed by atoms with Crippen molar-refractivity contribution in [2.45, 2.75) is 20.8 Å². The average Bonchev–Trinajstić information content (AvgIpc) is 2.80. The zero-order valence-electron chi connectivity index (χ0n) is 15.2. The molecule has 6 heteroatoms. The van der Waals surface area contributed by atoms with Gasteiger partial charge in [-0.15, -0.1) is 0 Å². The van der Waals surface area contributed by atoms with E-state index < -0.39 is 0 Å². The molecule has 0 saturated heterocycles. The van der Waals surface area contributed by atoms with E-state index in [4.69, 9.17) is 0 Å². The first-order valence-corrected chi connectivity index (χ1v) is 8.59. The number of anilines is 3. The standard InChI is InChI=1S/C19H24N4O2/c1-5-22(6-2)12-16(24)23-15-10-8-7-9-14(15)20-19(25)18-17(23)13(3)11-21(18)4/h7-11H,5-6,12H2,1-4H3,(H,20,25). The van der Waals surface area contributed by atoms with Crippen LogP contribution in [0.5, 0.6) is 0 Å². The fourth-order valence-corrected chi connectivity index (χ4v) is 3.36. The van der Waals surface area contributed by atoms with Gasteiger partial charge < -0.3 is 9.88 Å². The minimum absolute atomic E-state index is 0.0387. The summed E-state index contributed by atoms with van der Waals surface area (Å²) in [7, 11) is 1.83. The zero-order valence-corrected chi connectivity index (χ0v) is 15.2. The van der Waals surface area contributed by atoms with Crippen LogP contribution in [0.2, 0.25) is 0 Å². The molecule has 1 N–H and O–H groups in total. The number of nitrogens with zero attached hydrogens (tertiary/aromatic N) is 3. The van der Waals surface area contributed by atoms with Crippen molar-refractivity contribution in [1.82, 2.24) is 9.47 Å². The maximum Gasteiger partial charge on any atom is 0.274 e. The fraction of sp³-hybridized carbons (Fsp3) is 0.368. The number of carbonyl (C=O) groups is 2. The number of para-hydroxylation sites is 2.